The molecule has 2 rings (SSSR count). The fourth-order valence-electron chi connectivity index (χ4n) is 2.23. The third-order valence-electron chi connectivity index (χ3n) is 3.61. The van der Waals surface area contributed by atoms with Gasteiger partial charge in [0, 0.05) is 24.8 Å². The lowest BCUT2D eigenvalue weighted by molar-refractivity contribution is 0.566. The first-order chi connectivity index (χ1) is 8.44. The Labute approximate surface area is 109 Å². The summed E-state index contributed by atoms with van der Waals surface area (Å²) >= 11 is 0. The summed E-state index contributed by atoms with van der Waals surface area (Å²) < 4.78 is 23.4. The van der Waals surface area contributed by atoms with Crippen molar-refractivity contribution in [3.05, 3.63) is 24.3 Å². The molecule has 0 aliphatic carbocycles. The first kappa shape index (κ1) is 13.4. The van der Waals surface area contributed by atoms with Crippen molar-refractivity contribution in [2.45, 2.75) is 24.8 Å². The van der Waals surface area contributed by atoms with E-state index in [9.17, 15) is 8.42 Å². The SMILES string of the molecule is CCS(=O)(=O)c1ccc(N2CC(C)C(N)C2)cc1. The Morgan fingerprint density at radius 2 is 1.89 bits per heavy atom. The molecule has 5 heteroatoms. The summed E-state index contributed by atoms with van der Waals surface area (Å²) in [7, 11) is -3.10. The standard InChI is InChI=1S/C13H20N2O2S/c1-3-18(16,17)12-6-4-11(5-7-12)15-8-10(2)13(14)9-15/h4-7,10,13H,3,8-9,14H2,1-2H3. The van der Waals surface area contributed by atoms with Crippen LogP contribution in [0, 0.1) is 5.92 Å². The molecule has 1 aromatic carbocycles. The van der Waals surface area contributed by atoms with Crippen molar-refractivity contribution < 1.29 is 8.42 Å². The van der Waals surface area contributed by atoms with Crippen molar-refractivity contribution in [3.8, 4) is 0 Å². The van der Waals surface area contributed by atoms with Crippen LogP contribution < -0.4 is 10.6 Å². The molecule has 0 bridgehead atoms. The van der Waals surface area contributed by atoms with E-state index in [1.807, 2.05) is 12.1 Å². The van der Waals surface area contributed by atoms with Crippen LogP contribution in [0.3, 0.4) is 0 Å². The van der Waals surface area contributed by atoms with Crippen LogP contribution in [0.4, 0.5) is 5.69 Å². The first-order valence-electron chi connectivity index (χ1n) is 6.27. The summed E-state index contributed by atoms with van der Waals surface area (Å²) in [4.78, 5) is 2.60. The zero-order valence-electron chi connectivity index (χ0n) is 10.8. The second kappa shape index (κ2) is 4.90. The number of nitrogens with two attached hydrogens (primary N) is 1. The molecule has 0 amide bonds. The van der Waals surface area contributed by atoms with Gasteiger partial charge >= 0.3 is 0 Å². The average molecular weight is 268 g/mol. The van der Waals surface area contributed by atoms with Crippen LogP contribution in [0.15, 0.2) is 29.2 Å². The van der Waals surface area contributed by atoms with E-state index in [1.165, 1.54) is 0 Å². The highest BCUT2D eigenvalue weighted by molar-refractivity contribution is 7.91. The molecule has 1 aliphatic rings. The lowest BCUT2D eigenvalue weighted by Crippen LogP contribution is -2.28. The highest BCUT2D eigenvalue weighted by Gasteiger charge is 2.26. The van der Waals surface area contributed by atoms with Crippen molar-refractivity contribution in [3.63, 3.8) is 0 Å². The van der Waals surface area contributed by atoms with Crippen LogP contribution >= 0.6 is 0 Å². The highest BCUT2D eigenvalue weighted by Crippen LogP contribution is 2.24. The lowest BCUT2D eigenvalue weighted by Gasteiger charge is -2.18. The van der Waals surface area contributed by atoms with Gasteiger partial charge in [-0.05, 0) is 30.2 Å². The minimum atomic E-state index is -3.10. The summed E-state index contributed by atoms with van der Waals surface area (Å²) in [5.41, 5.74) is 7.04. The Kier molecular flexibility index (Phi) is 3.64. The van der Waals surface area contributed by atoms with E-state index in [4.69, 9.17) is 5.73 Å². The average Bonchev–Trinajstić information content (AvgIpc) is 2.70. The van der Waals surface area contributed by atoms with E-state index in [0.717, 1.165) is 18.8 Å². The van der Waals surface area contributed by atoms with Crippen molar-refractivity contribution in [2.75, 3.05) is 23.7 Å². The number of anilines is 1. The molecule has 100 valence electrons. The van der Waals surface area contributed by atoms with Gasteiger partial charge in [-0.25, -0.2) is 8.42 Å². The molecule has 4 nitrogen and oxygen atoms in total. The molecule has 1 saturated heterocycles. The topological polar surface area (TPSA) is 63.4 Å². The van der Waals surface area contributed by atoms with Gasteiger partial charge in [0.2, 0.25) is 0 Å². The molecule has 2 N–H and O–H groups in total. The minimum absolute atomic E-state index is 0.137. The van der Waals surface area contributed by atoms with Gasteiger partial charge in [-0.15, -0.1) is 0 Å². The molecule has 1 aliphatic heterocycles. The molecule has 0 radical (unpaired) electrons. The van der Waals surface area contributed by atoms with Crippen LogP contribution in [-0.2, 0) is 9.84 Å². The number of sulfone groups is 1. The Balaban J connectivity index is 2.19. The van der Waals surface area contributed by atoms with Crippen LogP contribution in [0.1, 0.15) is 13.8 Å². The largest absolute Gasteiger partial charge is 0.370 e. The van der Waals surface area contributed by atoms with E-state index < -0.39 is 9.84 Å². The van der Waals surface area contributed by atoms with E-state index >= 15 is 0 Å². The number of nitrogens with zero attached hydrogens (tertiary/aromatic N) is 1. The molecule has 1 aromatic rings. The second-order valence-electron chi connectivity index (χ2n) is 4.94. The van der Waals surface area contributed by atoms with Crippen LogP contribution in [0.25, 0.3) is 0 Å². The van der Waals surface area contributed by atoms with Gasteiger partial charge in [0.1, 0.15) is 0 Å². The predicted octanol–water partition coefficient (Wildman–Crippen LogP) is 1.26. The summed E-state index contributed by atoms with van der Waals surface area (Å²) in [6, 6.07) is 7.30. The Bertz CT molecular complexity index is 500. The quantitative estimate of drug-likeness (QED) is 0.896. The van der Waals surface area contributed by atoms with E-state index in [-0.39, 0.29) is 11.8 Å². The van der Waals surface area contributed by atoms with Crippen LogP contribution in [0.5, 0.6) is 0 Å². The third-order valence-corrected chi connectivity index (χ3v) is 5.36. The summed E-state index contributed by atoms with van der Waals surface area (Å²) in [5, 5.41) is 0. The Morgan fingerprint density at radius 3 is 2.33 bits per heavy atom. The molecular weight excluding hydrogens is 248 g/mol. The maximum Gasteiger partial charge on any atom is 0.178 e. The van der Waals surface area contributed by atoms with E-state index in [2.05, 4.69) is 11.8 Å². The van der Waals surface area contributed by atoms with Crippen LogP contribution in [0.2, 0.25) is 0 Å². The number of benzene rings is 1. The van der Waals surface area contributed by atoms with Crippen molar-refractivity contribution in [1.29, 1.82) is 0 Å². The monoisotopic (exact) mass is 268 g/mol. The molecule has 18 heavy (non-hydrogen) atoms. The summed E-state index contributed by atoms with van der Waals surface area (Å²) in [6.45, 7) is 5.56. The maximum atomic E-state index is 11.7. The van der Waals surface area contributed by atoms with Gasteiger partial charge in [0.05, 0.1) is 10.6 Å². The Morgan fingerprint density at radius 1 is 1.28 bits per heavy atom. The van der Waals surface area contributed by atoms with E-state index in [0.29, 0.717) is 10.8 Å². The second-order valence-corrected chi connectivity index (χ2v) is 7.22. The smallest absolute Gasteiger partial charge is 0.178 e. The summed E-state index contributed by atoms with van der Waals surface area (Å²) in [5.74, 6) is 0.613. The fraction of sp³-hybridized carbons (Fsp3) is 0.538. The summed E-state index contributed by atoms with van der Waals surface area (Å²) in [6.07, 6.45) is 0. The zero-order valence-corrected chi connectivity index (χ0v) is 11.7. The molecule has 0 saturated carbocycles. The van der Waals surface area contributed by atoms with Crippen LogP contribution in [-0.4, -0.2) is 33.3 Å². The molecule has 1 heterocycles. The highest BCUT2D eigenvalue weighted by atomic mass is 32.2. The van der Waals surface area contributed by atoms with E-state index in [1.54, 1.807) is 19.1 Å². The van der Waals surface area contributed by atoms with Crippen molar-refractivity contribution in [1.82, 2.24) is 0 Å². The number of hydrogen-bond acceptors (Lipinski definition) is 4. The number of hydrogen-bond donors (Lipinski definition) is 1. The van der Waals surface area contributed by atoms with Gasteiger partial charge in [-0.1, -0.05) is 13.8 Å². The molecule has 2 unspecified atom stereocenters. The van der Waals surface area contributed by atoms with Gasteiger partial charge in [0.15, 0.2) is 9.84 Å². The predicted molar refractivity (Wildman–Crippen MR) is 73.5 cm³/mol. The molecule has 0 aromatic heterocycles. The van der Waals surface area contributed by atoms with Gasteiger partial charge in [0.25, 0.3) is 0 Å². The molecule has 2 atom stereocenters. The van der Waals surface area contributed by atoms with Crippen molar-refractivity contribution >= 4 is 15.5 Å². The minimum Gasteiger partial charge on any atom is -0.370 e. The third kappa shape index (κ3) is 2.52. The lowest BCUT2D eigenvalue weighted by atomic mass is 10.1. The number of rotatable bonds is 3. The molecule has 0 spiro atoms. The maximum absolute atomic E-state index is 11.7. The molecule has 1 fully saturated rings. The normalized spacial score (nSPS) is 24.5. The Hall–Kier alpha value is -1.07. The zero-order chi connectivity index (χ0) is 13.3. The van der Waals surface area contributed by atoms with Gasteiger partial charge in [-0.2, -0.15) is 0 Å². The fourth-order valence-corrected chi connectivity index (χ4v) is 3.12. The van der Waals surface area contributed by atoms with Gasteiger partial charge < -0.3 is 10.6 Å². The first-order valence-corrected chi connectivity index (χ1v) is 7.92. The molecular formula is C13H20N2O2S. The van der Waals surface area contributed by atoms with Crippen molar-refractivity contribution in [2.24, 2.45) is 11.7 Å². The van der Waals surface area contributed by atoms with Gasteiger partial charge in [-0.3, -0.25) is 0 Å².